The van der Waals surface area contributed by atoms with E-state index in [9.17, 15) is 4.39 Å². The highest BCUT2D eigenvalue weighted by Gasteiger charge is 2.40. The normalized spacial score (nSPS) is 31.5. The van der Waals surface area contributed by atoms with E-state index < -0.39 is 0 Å². The highest BCUT2D eigenvalue weighted by Crippen LogP contribution is 2.42. The van der Waals surface area contributed by atoms with E-state index >= 15 is 0 Å². The van der Waals surface area contributed by atoms with Crippen molar-refractivity contribution in [3.63, 3.8) is 0 Å². The lowest BCUT2D eigenvalue weighted by Gasteiger charge is -2.43. The Morgan fingerprint density at radius 2 is 2.25 bits per heavy atom. The maximum absolute atomic E-state index is 13.1. The van der Waals surface area contributed by atoms with Crippen molar-refractivity contribution in [1.29, 1.82) is 0 Å². The Labute approximate surface area is 94.9 Å². The molecule has 0 fully saturated rings. The average molecular weight is 218 g/mol. The van der Waals surface area contributed by atoms with E-state index in [1.807, 2.05) is 0 Å². The molecule has 2 heteroatoms. The summed E-state index contributed by atoms with van der Waals surface area (Å²) < 4.78 is 19.2. The first-order valence-corrected chi connectivity index (χ1v) is 5.80. The number of fused-ring (bicyclic) bond motifs is 2. The van der Waals surface area contributed by atoms with Gasteiger partial charge in [0, 0.05) is 12.3 Å². The maximum atomic E-state index is 13.1. The molecule has 1 aromatic rings. The molecule has 2 atom stereocenters. The Morgan fingerprint density at radius 3 is 3.12 bits per heavy atom. The monoisotopic (exact) mass is 218 g/mol. The Bertz CT molecular complexity index is 452. The van der Waals surface area contributed by atoms with Gasteiger partial charge < -0.3 is 4.74 Å². The molecule has 84 valence electrons. The first-order chi connectivity index (χ1) is 7.67. The van der Waals surface area contributed by atoms with Crippen LogP contribution in [0.5, 0.6) is 5.75 Å². The topological polar surface area (TPSA) is 9.23 Å². The Hall–Kier alpha value is -1.31. The van der Waals surface area contributed by atoms with Crippen LogP contribution >= 0.6 is 0 Å². The molecule has 1 aromatic carbocycles. The zero-order valence-electron chi connectivity index (χ0n) is 9.37. The Balaban J connectivity index is 2.01. The van der Waals surface area contributed by atoms with Crippen molar-refractivity contribution in [2.75, 3.05) is 0 Å². The molecule has 0 unspecified atom stereocenters. The zero-order chi connectivity index (χ0) is 11.2. The van der Waals surface area contributed by atoms with Gasteiger partial charge in [-0.05, 0) is 43.5 Å². The van der Waals surface area contributed by atoms with Crippen molar-refractivity contribution in [2.24, 2.45) is 5.92 Å². The number of hydrogen-bond donors (Lipinski definition) is 0. The van der Waals surface area contributed by atoms with Gasteiger partial charge in [0.2, 0.25) is 0 Å². The van der Waals surface area contributed by atoms with E-state index in [-0.39, 0.29) is 11.4 Å². The van der Waals surface area contributed by atoms with Crippen molar-refractivity contribution in [3.8, 4) is 5.75 Å². The third-order valence-electron chi connectivity index (χ3n) is 3.81. The van der Waals surface area contributed by atoms with E-state index in [1.165, 1.54) is 6.07 Å². The van der Waals surface area contributed by atoms with Gasteiger partial charge in [-0.25, -0.2) is 4.39 Å². The number of allylic oxidation sites excluding steroid dienone is 1. The lowest BCUT2D eigenvalue weighted by Crippen LogP contribution is -2.45. The largest absolute Gasteiger partial charge is 0.487 e. The zero-order valence-corrected chi connectivity index (χ0v) is 9.37. The highest BCUT2D eigenvalue weighted by molar-refractivity contribution is 5.38. The summed E-state index contributed by atoms with van der Waals surface area (Å²) in [7, 11) is 0. The van der Waals surface area contributed by atoms with Crippen LogP contribution in [0.3, 0.4) is 0 Å². The number of rotatable bonds is 0. The molecule has 0 radical (unpaired) electrons. The lowest BCUT2D eigenvalue weighted by molar-refractivity contribution is 0.00822. The molecule has 1 aliphatic heterocycles. The first kappa shape index (κ1) is 9.88. The van der Waals surface area contributed by atoms with Gasteiger partial charge >= 0.3 is 0 Å². The fourth-order valence-electron chi connectivity index (χ4n) is 2.74. The molecule has 16 heavy (non-hydrogen) atoms. The summed E-state index contributed by atoms with van der Waals surface area (Å²) in [4.78, 5) is 0. The Morgan fingerprint density at radius 1 is 1.38 bits per heavy atom. The molecule has 0 spiro atoms. The van der Waals surface area contributed by atoms with Gasteiger partial charge in [-0.15, -0.1) is 0 Å². The molecule has 0 saturated carbocycles. The molecule has 1 heterocycles. The van der Waals surface area contributed by atoms with Crippen molar-refractivity contribution >= 4 is 0 Å². The Kier molecular flexibility index (Phi) is 2.06. The SMILES string of the molecule is C[C@@]12CC=CC[C@H]1Cc1cc(F)ccc1O2. The first-order valence-electron chi connectivity index (χ1n) is 5.80. The van der Waals surface area contributed by atoms with Crippen LogP contribution in [0.25, 0.3) is 0 Å². The average Bonchev–Trinajstić information content (AvgIpc) is 2.26. The summed E-state index contributed by atoms with van der Waals surface area (Å²) in [5.41, 5.74) is 0.914. The van der Waals surface area contributed by atoms with Gasteiger partial charge in [-0.1, -0.05) is 12.2 Å². The summed E-state index contributed by atoms with van der Waals surface area (Å²) in [6.07, 6.45) is 7.31. The number of halogens is 1. The molecule has 0 saturated heterocycles. The van der Waals surface area contributed by atoms with Crippen molar-refractivity contribution < 1.29 is 9.13 Å². The minimum Gasteiger partial charge on any atom is -0.487 e. The predicted molar refractivity (Wildman–Crippen MR) is 61.0 cm³/mol. The second kappa shape index (κ2) is 3.34. The van der Waals surface area contributed by atoms with Crippen LogP contribution in [0.4, 0.5) is 4.39 Å². The summed E-state index contributed by atoms with van der Waals surface area (Å²) in [5, 5.41) is 0. The molecular formula is C14H15FO. The van der Waals surface area contributed by atoms with Crippen LogP contribution in [0.1, 0.15) is 25.3 Å². The fraction of sp³-hybridized carbons (Fsp3) is 0.429. The number of ether oxygens (including phenoxy) is 1. The van der Waals surface area contributed by atoms with Gasteiger partial charge in [0.25, 0.3) is 0 Å². The van der Waals surface area contributed by atoms with Crippen LogP contribution in [0, 0.1) is 11.7 Å². The third-order valence-corrected chi connectivity index (χ3v) is 3.81. The van der Waals surface area contributed by atoms with Crippen LogP contribution in [-0.2, 0) is 6.42 Å². The predicted octanol–water partition coefficient (Wildman–Crippen LogP) is 3.49. The quantitative estimate of drug-likeness (QED) is 0.606. The van der Waals surface area contributed by atoms with Gasteiger partial charge in [0.15, 0.2) is 0 Å². The highest BCUT2D eigenvalue weighted by atomic mass is 19.1. The molecule has 0 N–H and O–H groups in total. The summed E-state index contributed by atoms with van der Waals surface area (Å²) in [5.74, 6) is 1.17. The standard InChI is InChI=1S/C14H15FO/c1-14-7-3-2-4-11(14)8-10-9-12(15)5-6-13(10)16-14/h2-3,5-6,9,11H,4,7-8H2,1H3/t11-,14+/m0/s1. The summed E-state index contributed by atoms with van der Waals surface area (Å²) in [6, 6.07) is 4.83. The second-order valence-electron chi connectivity index (χ2n) is 4.98. The minimum absolute atomic E-state index is 0.0976. The molecule has 1 nitrogen and oxygen atoms in total. The summed E-state index contributed by atoms with van der Waals surface area (Å²) in [6.45, 7) is 2.16. The van der Waals surface area contributed by atoms with E-state index in [1.54, 1.807) is 12.1 Å². The van der Waals surface area contributed by atoms with Crippen LogP contribution in [0.15, 0.2) is 30.4 Å². The molecular weight excluding hydrogens is 203 g/mol. The third kappa shape index (κ3) is 1.44. The molecule has 0 aromatic heterocycles. The van der Waals surface area contributed by atoms with E-state index in [0.717, 1.165) is 30.6 Å². The fourth-order valence-corrected chi connectivity index (χ4v) is 2.74. The maximum Gasteiger partial charge on any atom is 0.123 e. The van der Waals surface area contributed by atoms with Gasteiger partial charge in [-0.2, -0.15) is 0 Å². The van der Waals surface area contributed by atoms with Crippen molar-refractivity contribution in [3.05, 3.63) is 41.7 Å². The minimum atomic E-state index is -0.169. The van der Waals surface area contributed by atoms with Gasteiger partial charge in [-0.3, -0.25) is 0 Å². The van der Waals surface area contributed by atoms with Crippen molar-refractivity contribution in [1.82, 2.24) is 0 Å². The number of hydrogen-bond acceptors (Lipinski definition) is 1. The lowest BCUT2D eigenvalue weighted by atomic mass is 9.74. The van der Waals surface area contributed by atoms with Gasteiger partial charge in [0.1, 0.15) is 17.2 Å². The molecule has 3 rings (SSSR count). The van der Waals surface area contributed by atoms with Crippen LogP contribution in [-0.4, -0.2) is 5.60 Å². The van der Waals surface area contributed by atoms with Gasteiger partial charge in [0.05, 0.1) is 0 Å². The molecule has 0 amide bonds. The molecule has 2 aliphatic rings. The van der Waals surface area contributed by atoms with Crippen LogP contribution < -0.4 is 4.74 Å². The smallest absolute Gasteiger partial charge is 0.123 e. The second-order valence-corrected chi connectivity index (χ2v) is 4.98. The van der Waals surface area contributed by atoms with E-state index in [2.05, 4.69) is 19.1 Å². The molecule has 0 bridgehead atoms. The number of benzene rings is 1. The van der Waals surface area contributed by atoms with E-state index in [4.69, 9.17) is 4.74 Å². The summed E-state index contributed by atoms with van der Waals surface area (Å²) >= 11 is 0. The van der Waals surface area contributed by atoms with Crippen molar-refractivity contribution in [2.45, 2.75) is 31.8 Å². The van der Waals surface area contributed by atoms with Crippen LogP contribution in [0.2, 0.25) is 0 Å². The molecule has 1 aliphatic carbocycles. The van der Waals surface area contributed by atoms with E-state index in [0.29, 0.717) is 5.92 Å².